The number of carbonyl (C=O) groups is 1. The highest BCUT2D eigenvalue weighted by atomic mass is 16.4. The summed E-state index contributed by atoms with van der Waals surface area (Å²) in [7, 11) is 0. The summed E-state index contributed by atoms with van der Waals surface area (Å²) in [6.45, 7) is 4.08. The van der Waals surface area contributed by atoms with Gasteiger partial charge in [-0.05, 0) is 30.0 Å². The van der Waals surface area contributed by atoms with E-state index in [-0.39, 0.29) is 0 Å². The van der Waals surface area contributed by atoms with Crippen molar-refractivity contribution in [2.24, 2.45) is 5.92 Å². The SMILES string of the molecule is CC(C)CC(C(=O)O)c1ccnc2ccccc12. The van der Waals surface area contributed by atoms with E-state index in [2.05, 4.69) is 4.98 Å². The van der Waals surface area contributed by atoms with Gasteiger partial charge < -0.3 is 5.11 Å². The summed E-state index contributed by atoms with van der Waals surface area (Å²) in [6.07, 6.45) is 2.33. The van der Waals surface area contributed by atoms with Crippen molar-refractivity contribution in [2.45, 2.75) is 26.2 Å². The molecule has 0 amide bonds. The molecule has 0 radical (unpaired) electrons. The van der Waals surface area contributed by atoms with Crippen molar-refractivity contribution in [2.75, 3.05) is 0 Å². The van der Waals surface area contributed by atoms with Crippen LogP contribution in [0.3, 0.4) is 0 Å². The van der Waals surface area contributed by atoms with E-state index in [4.69, 9.17) is 0 Å². The van der Waals surface area contributed by atoms with Gasteiger partial charge in [-0.2, -0.15) is 0 Å². The molecule has 0 saturated carbocycles. The van der Waals surface area contributed by atoms with Crippen LogP contribution >= 0.6 is 0 Å². The van der Waals surface area contributed by atoms with Crippen molar-refractivity contribution in [1.82, 2.24) is 4.98 Å². The average molecular weight is 243 g/mol. The van der Waals surface area contributed by atoms with Crippen LogP contribution in [0.5, 0.6) is 0 Å². The molecule has 0 aliphatic rings. The first-order valence-corrected chi connectivity index (χ1v) is 6.16. The van der Waals surface area contributed by atoms with Crippen LogP contribution in [0.4, 0.5) is 0 Å². The number of hydrogen-bond acceptors (Lipinski definition) is 2. The zero-order valence-corrected chi connectivity index (χ0v) is 10.6. The second-order valence-electron chi connectivity index (χ2n) is 4.94. The van der Waals surface area contributed by atoms with Crippen LogP contribution in [-0.4, -0.2) is 16.1 Å². The zero-order valence-electron chi connectivity index (χ0n) is 10.6. The lowest BCUT2D eigenvalue weighted by molar-refractivity contribution is -0.139. The molecule has 1 heterocycles. The molecule has 1 aromatic carbocycles. The number of pyridine rings is 1. The van der Waals surface area contributed by atoms with E-state index in [1.54, 1.807) is 6.20 Å². The van der Waals surface area contributed by atoms with Crippen LogP contribution in [0, 0.1) is 5.92 Å². The Balaban J connectivity index is 2.53. The fourth-order valence-corrected chi connectivity index (χ4v) is 2.25. The van der Waals surface area contributed by atoms with Crippen molar-refractivity contribution in [3.8, 4) is 0 Å². The summed E-state index contributed by atoms with van der Waals surface area (Å²) in [4.78, 5) is 15.7. The molecule has 0 bridgehead atoms. The number of fused-ring (bicyclic) bond motifs is 1. The monoisotopic (exact) mass is 243 g/mol. The van der Waals surface area contributed by atoms with Crippen LogP contribution in [0.1, 0.15) is 31.7 Å². The maximum atomic E-state index is 11.5. The molecule has 94 valence electrons. The van der Waals surface area contributed by atoms with Gasteiger partial charge in [0.15, 0.2) is 0 Å². The first-order valence-electron chi connectivity index (χ1n) is 6.16. The quantitative estimate of drug-likeness (QED) is 0.894. The van der Waals surface area contributed by atoms with Crippen molar-refractivity contribution in [1.29, 1.82) is 0 Å². The number of carboxylic acid groups (broad SMARTS) is 1. The third-order valence-electron chi connectivity index (χ3n) is 3.06. The smallest absolute Gasteiger partial charge is 0.311 e. The maximum absolute atomic E-state index is 11.5. The number of nitrogens with zero attached hydrogens (tertiary/aromatic N) is 1. The second kappa shape index (κ2) is 5.17. The standard InChI is InChI=1S/C15H17NO2/c1-10(2)9-13(15(17)18)11-7-8-16-14-6-4-3-5-12(11)14/h3-8,10,13H,9H2,1-2H3,(H,17,18). The largest absolute Gasteiger partial charge is 0.481 e. The number of aromatic nitrogens is 1. The lowest BCUT2D eigenvalue weighted by Gasteiger charge is -2.16. The van der Waals surface area contributed by atoms with Crippen molar-refractivity contribution in [3.63, 3.8) is 0 Å². The minimum absolute atomic E-state index is 0.345. The van der Waals surface area contributed by atoms with Crippen LogP contribution in [0.15, 0.2) is 36.5 Å². The molecule has 0 fully saturated rings. The Labute approximate surface area is 106 Å². The molecular weight excluding hydrogens is 226 g/mol. The molecule has 3 nitrogen and oxygen atoms in total. The van der Waals surface area contributed by atoms with Gasteiger partial charge in [0.25, 0.3) is 0 Å². The predicted octanol–water partition coefficient (Wildman–Crippen LogP) is 3.45. The van der Waals surface area contributed by atoms with E-state index in [9.17, 15) is 9.90 Å². The van der Waals surface area contributed by atoms with Crippen LogP contribution in [0.25, 0.3) is 10.9 Å². The van der Waals surface area contributed by atoms with E-state index in [0.29, 0.717) is 12.3 Å². The van der Waals surface area contributed by atoms with Gasteiger partial charge in [-0.3, -0.25) is 9.78 Å². The molecule has 1 atom stereocenters. The van der Waals surface area contributed by atoms with Crippen molar-refractivity contribution in [3.05, 3.63) is 42.1 Å². The Morgan fingerprint density at radius 1 is 1.28 bits per heavy atom. The summed E-state index contributed by atoms with van der Waals surface area (Å²) in [6, 6.07) is 9.50. The summed E-state index contributed by atoms with van der Waals surface area (Å²) >= 11 is 0. The number of rotatable bonds is 4. The van der Waals surface area contributed by atoms with Gasteiger partial charge in [-0.25, -0.2) is 0 Å². The van der Waals surface area contributed by atoms with Crippen LogP contribution in [0.2, 0.25) is 0 Å². The highest BCUT2D eigenvalue weighted by molar-refractivity contribution is 5.88. The molecule has 1 unspecified atom stereocenters. The van der Waals surface area contributed by atoms with Gasteiger partial charge in [0.1, 0.15) is 0 Å². The third-order valence-corrected chi connectivity index (χ3v) is 3.06. The molecule has 2 aromatic rings. The van der Waals surface area contributed by atoms with Crippen LogP contribution in [-0.2, 0) is 4.79 Å². The van der Waals surface area contributed by atoms with E-state index in [0.717, 1.165) is 16.5 Å². The molecule has 1 aromatic heterocycles. The molecule has 3 heteroatoms. The number of hydrogen-bond donors (Lipinski definition) is 1. The molecule has 0 spiro atoms. The molecule has 2 rings (SSSR count). The Bertz CT molecular complexity index is 558. The number of carboxylic acids is 1. The highest BCUT2D eigenvalue weighted by Gasteiger charge is 2.22. The summed E-state index contributed by atoms with van der Waals surface area (Å²) in [5.74, 6) is -0.879. The van der Waals surface area contributed by atoms with Gasteiger partial charge in [0.05, 0.1) is 11.4 Å². The highest BCUT2D eigenvalue weighted by Crippen LogP contribution is 2.29. The minimum Gasteiger partial charge on any atom is -0.481 e. The Kier molecular flexibility index (Phi) is 3.60. The summed E-state index contributed by atoms with van der Waals surface area (Å²) < 4.78 is 0. The van der Waals surface area contributed by atoms with Gasteiger partial charge in [0.2, 0.25) is 0 Å². The van der Waals surface area contributed by atoms with E-state index < -0.39 is 11.9 Å². The number of aliphatic carboxylic acids is 1. The van der Waals surface area contributed by atoms with Gasteiger partial charge in [-0.1, -0.05) is 32.0 Å². The lowest BCUT2D eigenvalue weighted by Crippen LogP contribution is -2.14. The minimum atomic E-state index is -0.764. The summed E-state index contributed by atoms with van der Waals surface area (Å²) in [5, 5.41) is 10.4. The van der Waals surface area contributed by atoms with E-state index >= 15 is 0 Å². The molecule has 0 saturated heterocycles. The normalized spacial score (nSPS) is 12.8. The molecule has 0 aliphatic carbocycles. The molecule has 18 heavy (non-hydrogen) atoms. The van der Waals surface area contributed by atoms with Gasteiger partial charge >= 0.3 is 5.97 Å². The average Bonchev–Trinajstić information content (AvgIpc) is 2.35. The molecular formula is C15H17NO2. The summed E-state index contributed by atoms with van der Waals surface area (Å²) in [5.41, 5.74) is 1.71. The van der Waals surface area contributed by atoms with Crippen molar-refractivity contribution >= 4 is 16.9 Å². The number of benzene rings is 1. The Morgan fingerprint density at radius 2 is 2.00 bits per heavy atom. The maximum Gasteiger partial charge on any atom is 0.311 e. The molecule has 0 aliphatic heterocycles. The second-order valence-corrected chi connectivity index (χ2v) is 4.94. The van der Waals surface area contributed by atoms with Crippen LogP contribution < -0.4 is 0 Å². The Morgan fingerprint density at radius 3 is 2.67 bits per heavy atom. The van der Waals surface area contributed by atoms with Gasteiger partial charge in [0, 0.05) is 11.6 Å². The Hall–Kier alpha value is -1.90. The first kappa shape index (κ1) is 12.6. The van der Waals surface area contributed by atoms with Gasteiger partial charge in [-0.15, -0.1) is 0 Å². The predicted molar refractivity (Wildman–Crippen MR) is 71.6 cm³/mol. The molecule has 1 N–H and O–H groups in total. The lowest BCUT2D eigenvalue weighted by atomic mass is 9.88. The van der Waals surface area contributed by atoms with Crippen molar-refractivity contribution < 1.29 is 9.90 Å². The van der Waals surface area contributed by atoms with E-state index in [1.165, 1.54) is 0 Å². The number of para-hydroxylation sites is 1. The topological polar surface area (TPSA) is 50.2 Å². The fraction of sp³-hybridized carbons (Fsp3) is 0.333. The fourth-order valence-electron chi connectivity index (χ4n) is 2.25. The third kappa shape index (κ3) is 2.50. The zero-order chi connectivity index (χ0) is 13.1. The van der Waals surface area contributed by atoms with E-state index in [1.807, 2.05) is 44.2 Å². The first-order chi connectivity index (χ1) is 8.59.